The third-order valence-electron chi connectivity index (χ3n) is 1.98. The molecule has 4 heteroatoms. The van der Waals surface area contributed by atoms with Crippen molar-refractivity contribution in [2.45, 2.75) is 0 Å². The number of nitrogens with one attached hydrogen (secondary N) is 1. The zero-order chi connectivity index (χ0) is 9.80. The van der Waals surface area contributed by atoms with Crippen LogP contribution in [0.15, 0.2) is 42.5 Å². The zero-order valence-electron chi connectivity index (χ0n) is 7.31. The number of benzene rings is 2. The van der Waals surface area contributed by atoms with Gasteiger partial charge in [-0.15, -0.1) is 9.32 Å². The summed E-state index contributed by atoms with van der Waals surface area (Å²) in [5, 5.41) is 2.21. The molecule has 0 saturated heterocycles. The van der Waals surface area contributed by atoms with Crippen LogP contribution in [-0.2, 0) is 9.32 Å². The summed E-state index contributed by atoms with van der Waals surface area (Å²) in [6.45, 7) is 0. The second-order valence-corrected chi connectivity index (χ2v) is 2.94. The predicted molar refractivity (Wildman–Crippen MR) is 58.7 cm³/mol. The first-order chi connectivity index (χ1) is 6.92. The van der Waals surface area contributed by atoms with E-state index in [1.54, 1.807) is 0 Å². The molecule has 2 aromatic rings. The first-order valence-electron chi connectivity index (χ1n) is 4.12. The molecule has 72 valence electrons. The maximum Gasteiger partial charge on any atom is 0.0713 e. The van der Waals surface area contributed by atoms with Crippen LogP contribution < -0.4 is 5.48 Å². The fraction of sp³-hybridized carbons (Fsp3) is 0. The van der Waals surface area contributed by atoms with Gasteiger partial charge < -0.3 is 0 Å². The molecule has 0 fully saturated rings. The fourth-order valence-electron chi connectivity index (χ4n) is 1.38. The minimum absolute atomic E-state index is 0.845. The molecule has 0 aliphatic carbocycles. The van der Waals surface area contributed by atoms with Crippen molar-refractivity contribution in [1.29, 1.82) is 0 Å². The molecule has 0 unspecified atom stereocenters. The molecule has 2 aromatic carbocycles. The lowest BCUT2D eigenvalue weighted by molar-refractivity contribution is -0.157. The fourth-order valence-corrected chi connectivity index (χ4v) is 1.42. The molecule has 0 radical (unpaired) electrons. The number of anilines is 1. The number of hydrogen-bond donors (Lipinski definition) is 2. The predicted octanol–water partition coefficient (Wildman–Crippen LogP) is 2.96. The zero-order valence-corrected chi connectivity index (χ0v) is 8.20. The van der Waals surface area contributed by atoms with Crippen LogP contribution in [0.2, 0.25) is 0 Å². The molecule has 0 saturated carbocycles. The summed E-state index contributed by atoms with van der Waals surface area (Å²) in [5.74, 6) is 0. The highest BCUT2D eigenvalue weighted by Crippen LogP contribution is 2.22. The molecular weight excluding hydrogens is 198 g/mol. The third-order valence-corrected chi connectivity index (χ3v) is 2.05. The van der Waals surface area contributed by atoms with Crippen LogP contribution in [0.5, 0.6) is 0 Å². The summed E-state index contributed by atoms with van der Waals surface area (Å²) in [6.07, 6.45) is 0. The average molecular weight is 207 g/mol. The highest BCUT2D eigenvalue weighted by atomic mass is 32.1. The standard InChI is InChI=1S/C10H9NO2S/c14-13-12-11-10-7-3-5-8-4-1-2-6-9(8)10/h1-7,11,14H. The Balaban J connectivity index is 2.43. The van der Waals surface area contributed by atoms with Crippen molar-refractivity contribution in [1.82, 2.24) is 0 Å². The van der Waals surface area contributed by atoms with Gasteiger partial charge in [-0.25, -0.2) is 5.48 Å². The van der Waals surface area contributed by atoms with Crippen molar-refractivity contribution in [3.05, 3.63) is 42.5 Å². The Labute approximate surface area is 87.1 Å². The summed E-state index contributed by atoms with van der Waals surface area (Å²) < 4.78 is 4.18. The van der Waals surface area contributed by atoms with Crippen LogP contribution >= 0.6 is 12.9 Å². The minimum atomic E-state index is 0.845. The van der Waals surface area contributed by atoms with Gasteiger partial charge in [0.1, 0.15) is 0 Å². The Kier molecular flexibility index (Phi) is 2.88. The Hall–Kier alpha value is -1.23. The van der Waals surface area contributed by atoms with E-state index in [1.807, 2.05) is 42.5 Å². The number of fused-ring (bicyclic) bond motifs is 1. The van der Waals surface area contributed by atoms with E-state index in [2.05, 4.69) is 27.7 Å². The molecule has 0 heterocycles. The number of rotatable bonds is 3. The van der Waals surface area contributed by atoms with Crippen LogP contribution in [0.25, 0.3) is 10.8 Å². The molecule has 0 spiro atoms. The topological polar surface area (TPSA) is 30.5 Å². The molecule has 0 atom stereocenters. The van der Waals surface area contributed by atoms with Crippen molar-refractivity contribution in [3.63, 3.8) is 0 Å². The van der Waals surface area contributed by atoms with Gasteiger partial charge in [0.25, 0.3) is 0 Å². The lowest BCUT2D eigenvalue weighted by Gasteiger charge is -2.06. The van der Waals surface area contributed by atoms with Gasteiger partial charge in [0, 0.05) is 18.3 Å². The van der Waals surface area contributed by atoms with Crippen molar-refractivity contribution in [2.24, 2.45) is 0 Å². The summed E-state index contributed by atoms with van der Waals surface area (Å²) in [6, 6.07) is 13.8. The second-order valence-electron chi connectivity index (χ2n) is 2.79. The molecule has 0 bridgehead atoms. The van der Waals surface area contributed by atoms with Gasteiger partial charge in [0.15, 0.2) is 0 Å². The van der Waals surface area contributed by atoms with Gasteiger partial charge >= 0.3 is 0 Å². The van der Waals surface area contributed by atoms with Crippen LogP contribution in [0.1, 0.15) is 0 Å². The molecular formula is C10H9NO2S. The van der Waals surface area contributed by atoms with Crippen molar-refractivity contribution in [2.75, 3.05) is 5.48 Å². The van der Waals surface area contributed by atoms with E-state index >= 15 is 0 Å². The van der Waals surface area contributed by atoms with Crippen LogP contribution in [0.3, 0.4) is 0 Å². The van der Waals surface area contributed by atoms with Gasteiger partial charge in [0.2, 0.25) is 0 Å². The van der Waals surface area contributed by atoms with Gasteiger partial charge in [-0.3, -0.25) is 0 Å². The van der Waals surface area contributed by atoms with Gasteiger partial charge in [-0.05, 0) is 11.5 Å². The molecule has 0 aromatic heterocycles. The average Bonchev–Trinajstić information content (AvgIpc) is 2.26. The van der Waals surface area contributed by atoms with Crippen molar-refractivity contribution >= 4 is 29.4 Å². The van der Waals surface area contributed by atoms with E-state index in [0.717, 1.165) is 16.5 Å². The largest absolute Gasteiger partial charge is 0.234 e. The highest BCUT2D eigenvalue weighted by molar-refractivity contribution is 7.74. The smallest absolute Gasteiger partial charge is 0.0713 e. The Morgan fingerprint density at radius 1 is 1.00 bits per heavy atom. The van der Waals surface area contributed by atoms with E-state index in [9.17, 15) is 0 Å². The van der Waals surface area contributed by atoms with E-state index in [-0.39, 0.29) is 0 Å². The molecule has 0 aliphatic heterocycles. The molecule has 2 rings (SSSR count). The van der Waals surface area contributed by atoms with Gasteiger partial charge in [0.05, 0.1) is 5.69 Å². The summed E-state index contributed by atoms with van der Waals surface area (Å²) in [7, 11) is 0. The van der Waals surface area contributed by atoms with E-state index in [1.165, 1.54) is 0 Å². The molecule has 1 N–H and O–H groups in total. The van der Waals surface area contributed by atoms with Crippen LogP contribution in [0.4, 0.5) is 5.69 Å². The minimum Gasteiger partial charge on any atom is -0.234 e. The maximum atomic E-state index is 4.54. The quantitative estimate of drug-likeness (QED) is 0.351. The van der Waals surface area contributed by atoms with Crippen molar-refractivity contribution in [3.8, 4) is 0 Å². The summed E-state index contributed by atoms with van der Waals surface area (Å²) in [5.41, 5.74) is 3.48. The SMILES string of the molecule is SOONc1cccc2ccccc12. The van der Waals surface area contributed by atoms with E-state index in [0.29, 0.717) is 0 Å². The molecule has 3 nitrogen and oxygen atoms in total. The summed E-state index contributed by atoms with van der Waals surface area (Å²) in [4.78, 5) is 4.54. The van der Waals surface area contributed by atoms with E-state index in [4.69, 9.17) is 0 Å². The Morgan fingerprint density at radius 2 is 1.79 bits per heavy atom. The van der Waals surface area contributed by atoms with Crippen molar-refractivity contribution < 1.29 is 9.32 Å². The Bertz CT molecular complexity index is 428. The third kappa shape index (κ3) is 1.82. The van der Waals surface area contributed by atoms with Crippen LogP contribution in [0, 0.1) is 0 Å². The first kappa shape index (κ1) is 9.33. The summed E-state index contributed by atoms with van der Waals surface area (Å²) >= 11 is 3.46. The maximum absolute atomic E-state index is 4.54. The number of hydrogen-bond acceptors (Lipinski definition) is 4. The monoisotopic (exact) mass is 207 g/mol. The lowest BCUT2D eigenvalue weighted by atomic mass is 10.1. The Morgan fingerprint density at radius 3 is 2.64 bits per heavy atom. The molecule has 14 heavy (non-hydrogen) atoms. The normalized spacial score (nSPS) is 10.4. The highest BCUT2D eigenvalue weighted by Gasteiger charge is 1.98. The van der Waals surface area contributed by atoms with Crippen LogP contribution in [-0.4, -0.2) is 0 Å². The van der Waals surface area contributed by atoms with E-state index < -0.39 is 0 Å². The first-order valence-corrected chi connectivity index (χ1v) is 4.49. The van der Waals surface area contributed by atoms with Gasteiger partial charge in [-0.1, -0.05) is 36.4 Å². The lowest BCUT2D eigenvalue weighted by Crippen LogP contribution is -1.97. The number of thiol groups is 1. The van der Waals surface area contributed by atoms with Gasteiger partial charge in [-0.2, -0.15) is 0 Å². The molecule has 0 amide bonds. The molecule has 0 aliphatic rings. The second kappa shape index (κ2) is 4.32.